The van der Waals surface area contributed by atoms with E-state index in [4.69, 9.17) is 9.47 Å². The molecule has 6 heterocycles. The number of unbranched alkanes of at least 4 members (excludes halogenated alkanes) is 8. The standard InChI is InChI=1S/C54H70O4S6/c1-7-13-17-19-23-37(21-15-9-3)53(55)57-39(11-5)41-25-27-43(59-41)45-29-31-47(61-45)49-33-35-51(63-49)52-36-34-50(64-52)48-32-30-46(62-48)44-28-26-42(60-44)40(12-6)58-54(56)38(22-16-10-4)24-20-18-14-8-2/h25-40H,7-24H2,1-6H3. The molecule has 6 rings (SSSR count). The van der Waals surface area contributed by atoms with Gasteiger partial charge in [-0.25, -0.2) is 0 Å². The molecule has 0 N–H and O–H groups in total. The van der Waals surface area contributed by atoms with Crippen LogP contribution in [-0.4, -0.2) is 11.9 Å². The second-order valence-electron chi connectivity index (χ2n) is 17.1. The summed E-state index contributed by atoms with van der Waals surface area (Å²) in [4.78, 5) is 41.7. The van der Waals surface area contributed by atoms with Gasteiger partial charge in [-0.3, -0.25) is 9.59 Å². The van der Waals surface area contributed by atoms with Crippen molar-refractivity contribution in [3.8, 4) is 48.8 Å². The maximum atomic E-state index is 13.4. The fraction of sp³-hybridized carbons (Fsp3) is 0.519. The molecule has 0 aliphatic heterocycles. The van der Waals surface area contributed by atoms with Gasteiger partial charge in [0.15, 0.2) is 0 Å². The SMILES string of the molecule is CCCCCCC(CCCC)C(=O)OC(CC)c1ccc(-c2ccc(-c3ccc(-c4ccc(-c5ccc(-c6ccc(C(CC)OC(=O)C(CCCC)CCCCCC)s6)s5)s4)s3)s2)s1. The summed E-state index contributed by atoms with van der Waals surface area (Å²) in [7, 11) is 0. The summed E-state index contributed by atoms with van der Waals surface area (Å²) >= 11 is 10.9. The highest BCUT2D eigenvalue weighted by molar-refractivity contribution is 7.30. The van der Waals surface area contributed by atoms with Gasteiger partial charge in [-0.05, 0) is 111 Å². The number of hydrogen-bond donors (Lipinski definition) is 0. The van der Waals surface area contributed by atoms with Gasteiger partial charge < -0.3 is 9.47 Å². The molecule has 64 heavy (non-hydrogen) atoms. The number of hydrogen-bond acceptors (Lipinski definition) is 10. The van der Waals surface area contributed by atoms with Crippen LogP contribution in [0, 0.1) is 11.8 Å². The molecule has 4 atom stereocenters. The highest BCUT2D eigenvalue weighted by Gasteiger charge is 2.26. The quantitative estimate of drug-likeness (QED) is 0.0347. The first-order valence-corrected chi connectivity index (χ1v) is 29.2. The molecule has 6 aromatic heterocycles. The van der Waals surface area contributed by atoms with Crippen molar-refractivity contribution < 1.29 is 19.1 Å². The Morgan fingerprint density at radius 3 is 0.906 bits per heavy atom. The summed E-state index contributed by atoms with van der Waals surface area (Å²) in [6.07, 6.45) is 18.7. The average molecular weight is 976 g/mol. The van der Waals surface area contributed by atoms with Crippen LogP contribution in [0.1, 0.15) is 179 Å². The van der Waals surface area contributed by atoms with Crippen LogP contribution in [0.5, 0.6) is 0 Å². The predicted octanol–water partition coefficient (Wildman–Crippen LogP) is 19.9. The molecule has 0 fully saturated rings. The first-order chi connectivity index (χ1) is 31.3. The lowest BCUT2D eigenvalue weighted by molar-refractivity contribution is -0.156. The van der Waals surface area contributed by atoms with Gasteiger partial charge in [0.05, 0.1) is 11.8 Å². The topological polar surface area (TPSA) is 52.6 Å². The summed E-state index contributed by atoms with van der Waals surface area (Å²) in [5, 5.41) is 0. The van der Waals surface area contributed by atoms with E-state index in [-0.39, 0.29) is 36.0 Å². The molecule has 0 saturated heterocycles. The molecule has 0 bridgehead atoms. The zero-order valence-corrected chi connectivity index (χ0v) is 43.9. The van der Waals surface area contributed by atoms with Crippen LogP contribution < -0.4 is 0 Å². The lowest BCUT2D eigenvalue weighted by atomic mass is 9.95. The Morgan fingerprint density at radius 1 is 0.359 bits per heavy atom. The number of thiophene rings is 6. The van der Waals surface area contributed by atoms with Crippen molar-refractivity contribution in [2.24, 2.45) is 11.8 Å². The van der Waals surface area contributed by atoms with Crippen molar-refractivity contribution in [2.45, 2.75) is 169 Å². The van der Waals surface area contributed by atoms with Gasteiger partial charge >= 0.3 is 11.9 Å². The minimum absolute atomic E-state index is 0.00821. The Balaban J connectivity index is 1.06. The molecule has 0 saturated carbocycles. The third-order valence-corrected chi connectivity index (χ3v) is 19.8. The number of carbonyl (C=O) groups is 2. The molecular formula is C54H70O4S6. The molecule has 0 aliphatic carbocycles. The minimum Gasteiger partial charge on any atom is -0.456 e. The summed E-state index contributed by atoms with van der Waals surface area (Å²) in [6, 6.07) is 26.7. The maximum Gasteiger partial charge on any atom is 0.309 e. The van der Waals surface area contributed by atoms with Gasteiger partial charge in [-0.2, -0.15) is 0 Å². The van der Waals surface area contributed by atoms with Crippen molar-refractivity contribution in [3.05, 3.63) is 82.6 Å². The van der Waals surface area contributed by atoms with Gasteiger partial charge in [0, 0.05) is 58.5 Å². The van der Waals surface area contributed by atoms with Gasteiger partial charge in [-0.1, -0.05) is 119 Å². The van der Waals surface area contributed by atoms with E-state index in [1.54, 1.807) is 22.7 Å². The van der Waals surface area contributed by atoms with E-state index in [0.717, 1.165) is 86.8 Å². The van der Waals surface area contributed by atoms with E-state index in [9.17, 15) is 9.59 Å². The fourth-order valence-corrected chi connectivity index (χ4v) is 14.9. The molecule has 4 unspecified atom stereocenters. The van der Waals surface area contributed by atoms with Crippen LogP contribution in [0.15, 0.2) is 72.8 Å². The zero-order chi connectivity index (χ0) is 45.3. The average Bonchev–Trinajstić information content (AvgIpc) is 4.16. The highest BCUT2D eigenvalue weighted by atomic mass is 32.1. The van der Waals surface area contributed by atoms with Crippen molar-refractivity contribution in [1.82, 2.24) is 0 Å². The summed E-state index contributed by atoms with van der Waals surface area (Å²) in [6.45, 7) is 13.1. The van der Waals surface area contributed by atoms with E-state index in [1.807, 2.05) is 45.3 Å². The van der Waals surface area contributed by atoms with Crippen molar-refractivity contribution >= 4 is 80.0 Å². The Hall–Kier alpha value is -2.86. The molecule has 10 heteroatoms. The third kappa shape index (κ3) is 14.1. The smallest absolute Gasteiger partial charge is 0.309 e. The highest BCUT2D eigenvalue weighted by Crippen LogP contribution is 2.47. The first kappa shape index (κ1) is 50.6. The second kappa shape index (κ2) is 26.5. The Morgan fingerprint density at radius 2 is 0.625 bits per heavy atom. The van der Waals surface area contributed by atoms with E-state index in [1.165, 1.54) is 87.3 Å². The number of carbonyl (C=O) groups excluding carboxylic acids is 2. The molecular weight excluding hydrogens is 905 g/mol. The minimum atomic E-state index is -0.195. The van der Waals surface area contributed by atoms with Gasteiger partial charge in [0.1, 0.15) is 12.2 Å². The third-order valence-electron chi connectivity index (χ3n) is 12.1. The lowest BCUT2D eigenvalue weighted by Crippen LogP contribution is -2.20. The van der Waals surface area contributed by atoms with E-state index in [0.29, 0.717) is 0 Å². The number of esters is 2. The molecule has 0 radical (unpaired) electrons. The largest absolute Gasteiger partial charge is 0.456 e. The van der Waals surface area contributed by atoms with Crippen LogP contribution in [-0.2, 0) is 19.1 Å². The molecule has 0 aliphatic rings. The summed E-state index contributed by atoms with van der Waals surface area (Å²) in [5.74, 6) is -0.00204. The summed E-state index contributed by atoms with van der Waals surface area (Å²) in [5.41, 5.74) is 0. The number of ether oxygens (including phenoxy) is 2. The monoisotopic (exact) mass is 974 g/mol. The van der Waals surface area contributed by atoms with Crippen LogP contribution in [0.25, 0.3) is 48.8 Å². The molecule has 0 amide bonds. The van der Waals surface area contributed by atoms with Gasteiger partial charge in [-0.15, -0.1) is 68.0 Å². The van der Waals surface area contributed by atoms with E-state index >= 15 is 0 Å². The fourth-order valence-electron chi connectivity index (χ4n) is 8.18. The molecule has 0 aromatic carbocycles. The lowest BCUT2D eigenvalue weighted by Gasteiger charge is -2.20. The molecule has 6 aromatic rings. The molecule has 4 nitrogen and oxygen atoms in total. The Bertz CT molecular complexity index is 2120. The normalized spacial score (nSPS) is 13.5. The van der Waals surface area contributed by atoms with Crippen LogP contribution in [0.3, 0.4) is 0 Å². The Labute approximate surface area is 408 Å². The van der Waals surface area contributed by atoms with Gasteiger partial charge in [0.2, 0.25) is 0 Å². The van der Waals surface area contributed by atoms with E-state index < -0.39 is 0 Å². The summed E-state index contributed by atoms with van der Waals surface area (Å²) < 4.78 is 12.5. The number of rotatable bonds is 29. The van der Waals surface area contributed by atoms with Crippen LogP contribution in [0.2, 0.25) is 0 Å². The maximum absolute atomic E-state index is 13.4. The second-order valence-corrected chi connectivity index (χ2v) is 23.7. The predicted molar refractivity (Wildman–Crippen MR) is 283 cm³/mol. The van der Waals surface area contributed by atoms with Crippen molar-refractivity contribution in [2.75, 3.05) is 0 Å². The zero-order valence-electron chi connectivity index (χ0n) is 39.0. The van der Waals surface area contributed by atoms with Crippen LogP contribution in [0.4, 0.5) is 0 Å². The van der Waals surface area contributed by atoms with E-state index in [2.05, 4.69) is 114 Å². The van der Waals surface area contributed by atoms with Crippen molar-refractivity contribution in [3.63, 3.8) is 0 Å². The van der Waals surface area contributed by atoms with Crippen LogP contribution >= 0.6 is 68.0 Å². The molecule has 0 spiro atoms. The van der Waals surface area contributed by atoms with Crippen molar-refractivity contribution in [1.29, 1.82) is 0 Å². The first-order valence-electron chi connectivity index (χ1n) is 24.3. The van der Waals surface area contributed by atoms with Gasteiger partial charge in [0.25, 0.3) is 0 Å². The Kier molecular flexibility index (Phi) is 20.9. The molecule has 346 valence electrons.